The van der Waals surface area contributed by atoms with E-state index in [1.165, 1.54) is 35.6 Å². The van der Waals surface area contributed by atoms with Crippen LogP contribution in [0.1, 0.15) is 15.9 Å². The van der Waals surface area contributed by atoms with Crippen LogP contribution in [0.4, 0.5) is 10.8 Å². The van der Waals surface area contributed by atoms with E-state index in [1.54, 1.807) is 47.8 Å². The van der Waals surface area contributed by atoms with Gasteiger partial charge in [0.1, 0.15) is 0 Å². The van der Waals surface area contributed by atoms with Gasteiger partial charge in [-0.1, -0.05) is 53.0 Å². The largest absolute Gasteiger partial charge is 0.298 e. The number of carbonyl (C=O) groups is 1. The highest BCUT2D eigenvalue weighted by atomic mass is 35.5. The first-order valence-corrected chi connectivity index (χ1v) is 12.8. The fourth-order valence-electron chi connectivity index (χ4n) is 3.01. The van der Waals surface area contributed by atoms with E-state index in [1.807, 2.05) is 6.92 Å². The van der Waals surface area contributed by atoms with Crippen LogP contribution in [0.25, 0.3) is 11.3 Å². The molecule has 33 heavy (non-hydrogen) atoms. The second-order valence-corrected chi connectivity index (χ2v) is 10.5. The number of hydrogen-bond donors (Lipinski definition) is 2. The van der Waals surface area contributed by atoms with E-state index in [-0.39, 0.29) is 16.1 Å². The molecule has 0 radical (unpaired) electrons. The van der Waals surface area contributed by atoms with Gasteiger partial charge in [-0.2, -0.15) is 0 Å². The van der Waals surface area contributed by atoms with Crippen LogP contribution in [0.5, 0.6) is 0 Å². The van der Waals surface area contributed by atoms with Crippen LogP contribution in [-0.4, -0.2) is 19.3 Å². The zero-order valence-corrected chi connectivity index (χ0v) is 20.3. The van der Waals surface area contributed by atoms with Gasteiger partial charge in [0.2, 0.25) is 0 Å². The van der Waals surface area contributed by atoms with Gasteiger partial charge in [-0.3, -0.25) is 14.8 Å². The zero-order valence-electron chi connectivity index (χ0n) is 17.2. The maximum Gasteiger partial charge on any atom is 0.261 e. The van der Waals surface area contributed by atoms with E-state index in [4.69, 9.17) is 23.2 Å². The van der Waals surface area contributed by atoms with Crippen LogP contribution in [0.2, 0.25) is 10.0 Å². The summed E-state index contributed by atoms with van der Waals surface area (Å²) in [5.41, 5.74) is 2.54. The van der Waals surface area contributed by atoms with Gasteiger partial charge < -0.3 is 0 Å². The Morgan fingerprint density at radius 3 is 2.45 bits per heavy atom. The topological polar surface area (TPSA) is 88.2 Å². The molecule has 0 aliphatic carbocycles. The molecule has 10 heteroatoms. The number of thiazole rings is 1. The third kappa shape index (κ3) is 5.36. The normalized spacial score (nSPS) is 11.2. The zero-order chi connectivity index (χ0) is 23.6. The number of nitrogens with zero attached hydrogens (tertiary/aromatic N) is 1. The van der Waals surface area contributed by atoms with Gasteiger partial charge in [0.25, 0.3) is 15.9 Å². The molecular weight excluding hydrogens is 501 g/mol. The highest BCUT2D eigenvalue weighted by Crippen LogP contribution is 2.32. The lowest BCUT2D eigenvalue weighted by molar-refractivity contribution is 0.102. The summed E-state index contributed by atoms with van der Waals surface area (Å²) in [4.78, 5) is 17.5. The molecule has 4 rings (SSSR count). The maximum atomic E-state index is 12.9. The fourth-order valence-corrected chi connectivity index (χ4v) is 5.30. The third-order valence-electron chi connectivity index (χ3n) is 4.68. The molecular formula is C23H17Cl2N3O3S2. The van der Waals surface area contributed by atoms with Crippen molar-refractivity contribution in [3.8, 4) is 11.3 Å². The first-order valence-electron chi connectivity index (χ1n) is 9.64. The third-order valence-corrected chi connectivity index (χ3v) is 7.37. The number of anilines is 2. The molecule has 0 unspecified atom stereocenters. The van der Waals surface area contributed by atoms with Crippen LogP contribution >= 0.6 is 34.5 Å². The van der Waals surface area contributed by atoms with Crippen molar-refractivity contribution in [1.82, 2.24) is 4.98 Å². The van der Waals surface area contributed by atoms with Gasteiger partial charge in [0, 0.05) is 16.0 Å². The molecule has 4 aromatic rings. The van der Waals surface area contributed by atoms with E-state index in [0.717, 1.165) is 5.56 Å². The molecule has 2 N–H and O–H groups in total. The number of halogens is 2. The molecule has 6 nitrogen and oxygen atoms in total. The van der Waals surface area contributed by atoms with Crippen molar-refractivity contribution in [3.05, 3.63) is 93.3 Å². The van der Waals surface area contributed by atoms with Gasteiger partial charge in [-0.15, -0.1) is 11.3 Å². The molecule has 1 amide bonds. The van der Waals surface area contributed by atoms with Crippen LogP contribution in [-0.2, 0) is 10.0 Å². The SMILES string of the molecule is Cc1ccc(S(=O)(=O)Nc2ccccc2C(=O)Nc2nc(-c3ccc(Cl)cc3Cl)cs2)cc1. The fraction of sp³-hybridized carbons (Fsp3) is 0.0435. The predicted molar refractivity (Wildman–Crippen MR) is 134 cm³/mol. The van der Waals surface area contributed by atoms with Crippen LogP contribution in [0.15, 0.2) is 77.0 Å². The molecule has 0 saturated carbocycles. The lowest BCUT2D eigenvalue weighted by atomic mass is 10.2. The smallest absolute Gasteiger partial charge is 0.261 e. The first-order chi connectivity index (χ1) is 15.7. The van der Waals surface area contributed by atoms with E-state index in [2.05, 4.69) is 15.0 Å². The molecule has 168 valence electrons. The second-order valence-electron chi connectivity index (χ2n) is 7.08. The lowest BCUT2D eigenvalue weighted by Crippen LogP contribution is -2.18. The molecule has 1 aromatic heterocycles. The number of benzene rings is 3. The Morgan fingerprint density at radius 2 is 1.73 bits per heavy atom. The highest BCUT2D eigenvalue weighted by molar-refractivity contribution is 7.92. The maximum absolute atomic E-state index is 12.9. The predicted octanol–water partition coefficient (Wildman–Crippen LogP) is 6.48. The molecule has 1 heterocycles. The summed E-state index contributed by atoms with van der Waals surface area (Å²) >= 11 is 13.4. The Labute approximate surface area is 205 Å². The Hall–Kier alpha value is -2.91. The minimum Gasteiger partial charge on any atom is -0.298 e. The number of aromatic nitrogens is 1. The average molecular weight is 518 g/mol. The van der Waals surface area contributed by atoms with Crippen molar-refractivity contribution < 1.29 is 13.2 Å². The average Bonchev–Trinajstić information content (AvgIpc) is 3.22. The summed E-state index contributed by atoms with van der Waals surface area (Å²) in [5.74, 6) is -0.500. The molecule has 0 aliphatic heterocycles. The Bertz CT molecular complexity index is 1440. The van der Waals surface area contributed by atoms with E-state index >= 15 is 0 Å². The monoisotopic (exact) mass is 517 g/mol. The summed E-state index contributed by atoms with van der Waals surface area (Å²) in [7, 11) is -3.87. The summed E-state index contributed by atoms with van der Waals surface area (Å²) in [5, 5.41) is 5.78. The van der Waals surface area contributed by atoms with Crippen molar-refractivity contribution in [2.45, 2.75) is 11.8 Å². The highest BCUT2D eigenvalue weighted by Gasteiger charge is 2.19. The minimum atomic E-state index is -3.87. The van der Waals surface area contributed by atoms with Gasteiger partial charge in [0.05, 0.1) is 26.9 Å². The first kappa shape index (κ1) is 23.3. The van der Waals surface area contributed by atoms with E-state index in [9.17, 15) is 13.2 Å². The summed E-state index contributed by atoms with van der Waals surface area (Å²) < 4.78 is 28.1. The van der Waals surface area contributed by atoms with Crippen molar-refractivity contribution in [1.29, 1.82) is 0 Å². The molecule has 0 fully saturated rings. The van der Waals surface area contributed by atoms with Gasteiger partial charge in [-0.05, 0) is 49.4 Å². The Balaban J connectivity index is 1.55. The summed E-state index contributed by atoms with van der Waals surface area (Å²) in [6, 6.07) is 17.9. The second kappa shape index (κ2) is 9.52. The molecule has 3 aromatic carbocycles. The number of sulfonamides is 1. The number of carbonyl (C=O) groups excluding carboxylic acids is 1. The van der Waals surface area contributed by atoms with Crippen LogP contribution < -0.4 is 10.0 Å². The number of aryl methyl sites for hydroxylation is 1. The van der Waals surface area contributed by atoms with Crippen molar-refractivity contribution in [2.75, 3.05) is 10.0 Å². The molecule has 0 bridgehead atoms. The van der Waals surface area contributed by atoms with Crippen molar-refractivity contribution in [3.63, 3.8) is 0 Å². The molecule has 0 saturated heterocycles. The van der Waals surface area contributed by atoms with Crippen LogP contribution in [0.3, 0.4) is 0 Å². The van der Waals surface area contributed by atoms with Gasteiger partial charge in [0.15, 0.2) is 5.13 Å². The summed E-state index contributed by atoms with van der Waals surface area (Å²) in [6.45, 7) is 1.87. The number of amides is 1. The quantitative estimate of drug-likeness (QED) is 0.306. The number of para-hydroxylation sites is 1. The molecule has 0 aliphatic rings. The van der Waals surface area contributed by atoms with Crippen molar-refractivity contribution in [2.24, 2.45) is 0 Å². The molecule has 0 atom stereocenters. The number of rotatable bonds is 6. The van der Waals surface area contributed by atoms with E-state index in [0.29, 0.717) is 26.4 Å². The van der Waals surface area contributed by atoms with E-state index < -0.39 is 15.9 Å². The minimum absolute atomic E-state index is 0.104. The van der Waals surface area contributed by atoms with Crippen molar-refractivity contribution >= 4 is 61.3 Å². The van der Waals surface area contributed by atoms with Crippen LogP contribution in [0, 0.1) is 6.92 Å². The van der Waals surface area contributed by atoms with Gasteiger partial charge >= 0.3 is 0 Å². The lowest BCUT2D eigenvalue weighted by Gasteiger charge is -2.12. The Kier molecular flexibility index (Phi) is 6.71. The molecule has 0 spiro atoms. The standard InChI is InChI=1S/C23H17Cl2N3O3S2/c1-14-6-9-16(10-7-14)33(30,31)28-20-5-3-2-4-18(20)22(29)27-23-26-21(13-32-23)17-11-8-15(24)12-19(17)25/h2-13,28H,1H3,(H,26,27,29). The number of hydrogen-bond acceptors (Lipinski definition) is 5. The number of nitrogens with one attached hydrogen (secondary N) is 2. The van der Waals surface area contributed by atoms with Gasteiger partial charge in [-0.25, -0.2) is 13.4 Å². The summed E-state index contributed by atoms with van der Waals surface area (Å²) in [6.07, 6.45) is 0. The Morgan fingerprint density at radius 1 is 1.00 bits per heavy atom.